The number of aryl methyl sites for hydroxylation is 2. The molecule has 2 amide bonds. The highest BCUT2D eigenvalue weighted by molar-refractivity contribution is 7.15. The molecule has 6 nitrogen and oxygen atoms in total. The van der Waals surface area contributed by atoms with Gasteiger partial charge in [0, 0.05) is 11.9 Å². The molecule has 0 unspecified atom stereocenters. The lowest BCUT2D eigenvalue weighted by Gasteiger charge is -2.31. The number of anilines is 1. The molecule has 0 saturated carbocycles. The molecular weight excluding hydrogens is 266 g/mol. The van der Waals surface area contributed by atoms with Crippen LogP contribution in [0, 0.1) is 0 Å². The summed E-state index contributed by atoms with van der Waals surface area (Å²) in [5.74, 6) is -1.05. The maximum absolute atomic E-state index is 12.0. The standard InChI is InChI=1S/C12H17N3O3S/c1-12(2,9(16)17)15(3)11(18)14-10-13-7-5-4-6-8(7)19-10/h4-6H2,1-3H3,(H,16,17)(H,13,14,18). The fraction of sp³-hybridized carbons (Fsp3) is 0.583. The van der Waals surface area contributed by atoms with Gasteiger partial charge >= 0.3 is 12.0 Å². The van der Waals surface area contributed by atoms with Crippen LogP contribution in [0.15, 0.2) is 0 Å². The number of carboxylic acids is 1. The summed E-state index contributed by atoms with van der Waals surface area (Å²) in [5.41, 5.74) is -0.204. The van der Waals surface area contributed by atoms with Crippen molar-refractivity contribution in [1.82, 2.24) is 9.88 Å². The molecule has 7 heteroatoms. The molecule has 1 aromatic rings. The van der Waals surface area contributed by atoms with E-state index in [-0.39, 0.29) is 0 Å². The van der Waals surface area contributed by atoms with Crippen LogP contribution in [0.25, 0.3) is 0 Å². The van der Waals surface area contributed by atoms with E-state index in [9.17, 15) is 9.59 Å². The van der Waals surface area contributed by atoms with Gasteiger partial charge in [-0.25, -0.2) is 14.6 Å². The third-order valence-corrected chi connectivity index (χ3v) is 4.55. The fourth-order valence-electron chi connectivity index (χ4n) is 1.82. The number of nitrogens with one attached hydrogen (secondary N) is 1. The van der Waals surface area contributed by atoms with Crippen molar-refractivity contribution >= 4 is 28.5 Å². The van der Waals surface area contributed by atoms with Gasteiger partial charge in [0.1, 0.15) is 5.54 Å². The normalized spacial score (nSPS) is 14.1. The Morgan fingerprint density at radius 2 is 2.11 bits per heavy atom. The summed E-state index contributed by atoms with van der Waals surface area (Å²) in [5, 5.41) is 12.3. The van der Waals surface area contributed by atoms with E-state index in [4.69, 9.17) is 5.11 Å². The molecule has 0 aromatic carbocycles. The van der Waals surface area contributed by atoms with Crippen LogP contribution >= 0.6 is 11.3 Å². The second-order valence-corrected chi connectivity index (χ2v) is 6.18. The zero-order valence-electron chi connectivity index (χ0n) is 11.2. The number of hydrogen-bond donors (Lipinski definition) is 2. The van der Waals surface area contributed by atoms with E-state index in [0.29, 0.717) is 5.13 Å². The number of amides is 2. The smallest absolute Gasteiger partial charge is 0.329 e. The summed E-state index contributed by atoms with van der Waals surface area (Å²) in [6, 6.07) is -0.458. The molecule has 0 bridgehead atoms. The number of nitrogens with zero attached hydrogens (tertiary/aromatic N) is 2. The Kier molecular flexibility index (Phi) is 3.49. The lowest BCUT2D eigenvalue weighted by Crippen LogP contribution is -2.52. The Hall–Kier alpha value is -1.63. The SMILES string of the molecule is CN(C(=O)Nc1nc2c(s1)CCC2)C(C)(C)C(=O)O. The minimum absolute atomic E-state index is 0.458. The Bertz CT molecular complexity index is 503. The molecular formula is C12H17N3O3S. The van der Waals surface area contributed by atoms with E-state index in [1.807, 2.05) is 0 Å². The van der Waals surface area contributed by atoms with Crippen molar-refractivity contribution in [2.75, 3.05) is 12.4 Å². The van der Waals surface area contributed by atoms with Gasteiger partial charge in [-0.05, 0) is 33.1 Å². The van der Waals surface area contributed by atoms with Gasteiger partial charge in [0.05, 0.1) is 5.69 Å². The van der Waals surface area contributed by atoms with Crippen molar-refractivity contribution in [3.05, 3.63) is 10.6 Å². The van der Waals surface area contributed by atoms with Crippen molar-refractivity contribution in [2.45, 2.75) is 38.6 Å². The monoisotopic (exact) mass is 283 g/mol. The molecule has 1 aliphatic rings. The average Bonchev–Trinajstić information content (AvgIpc) is 2.87. The first-order chi connectivity index (χ1) is 8.82. The van der Waals surface area contributed by atoms with Crippen LogP contribution < -0.4 is 5.32 Å². The summed E-state index contributed by atoms with van der Waals surface area (Å²) in [4.78, 5) is 29.8. The number of fused-ring (bicyclic) bond motifs is 1. The number of hydrogen-bond acceptors (Lipinski definition) is 4. The Morgan fingerprint density at radius 1 is 1.42 bits per heavy atom. The van der Waals surface area contributed by atoms with Crippen molar-refractivity contribution in [2.24, 2.45) is 0 Å². The van der Waals surface area contributed by atoms with Crippen molar-refractivity contribution in [1.29, 1.82) is 0 Å². The summed E-state index contributed by atoms with van der Waals surface area (Å²) in [7, 11) is 1.46. The van der Waals surface area contributed by atoms with Crippen LogP contribution in [0.3, 0.4) is 0 Å². The Morgan fingerprint density at radius 3 is 2.68 bits per heavy atom. The Labute approximate surface area is 115 Å². The molecule has 0 aliphatic heterocycles. The molecule has 2 N–H and O–H groups in total. The van der Waals surface area contributed by atoms with E-state index in [1.165, 1.54) is 42.0 Å². The second-order valence-electron chi connectivity index (χ2n) is 5.10. The molecule has 0 radical (unpaired) electrons. The van der Waals surface area contributed by atoms with Crippen LogP contribution in [0.5, 0.6) is 0 Å². The summed E-state index contributed by atoms with van der Waals surface area (Å²) < 4.78 is 0. The molecule has 104 valence electrons. The highest BCUT2D eigenvalue weighted by atomic mass is 32.1. The number of carboxylic acid groups (broad SMARTS) is 1. The van der Waals surface area contributed by atoms with Gasteiger partial charge in [-0.15, -0.1) is 11.3 Å². The number of carbonyl (C=O) groups is 2. The van der Waals surface area contributed by atoms with E-state index in [2.05, 4.69) is 10.3 Å². The van der Waals surface area contributed by atoms with Gasteiger partial charge in [-0.1, -0.05) is 0 Å². The van der Waals surface area contributed by atoms with Gasteiger partial charge < -0.3 is 10.0 Å². The molecule has 1 aliphatic carbocycles. The van der Waals surface area contributed by atoms with E-state index < -0.39 is 17.5 Å². The van der Waals surface area contributed by atoms with E-state index in [0.717, 1.165) is 25.0 Å². The van der Waals surface area contributed by atoms with Crippen molar-refractivity contribution in [3.63, 3.8) is 0 Å². The number of carbonyl (C=O) groups excluding carboxylic acids is 1. The lowest BCUT2D eigenvalue weighted by atomic mass is 10.1. The third-order valence-electron chi connectivity index (χ3n) is 3.48. The van der Waals surface area contributed by atoms with Gasteiger partial charge in [0.25, 0.3) is 0 Å². The molecule has 0 saturated heterocycles. The highest BCUT2D eigenvalue weighted by Crippen LogP contribution is 2.30. The maximum atomic E-state index is 12.0. The lowest BCUT2D eigenvalue weighted by molar-refractivity contribution is -0.146. The topological polar surface area (TPSA) is 82.5 Å². The average molecular weight is 283 g/mol. The van der Waals surface area contributed by atoms with Gasteiger partial charge in [0.2, 0.25) is 0 Å². The molecule has 1 heterocycles. The Balaban J connectivity index is 2.06. The van der Waals surface area contributed by atoms with Crippen LogP contribution in [-0.2, 0) is 17.6 Å². The number of aliphatic carboxylic acids is 1. The molecule has 0 atom stereocenters. The zero-order chi connectivity index (χ0) is 14.2. The number of rotatable bonds is 3. The van der Waals surface area contributed by atoms with Gasteiger partial charge in [-0.3, -0.25) is 5.32 Å². The summed E-state index contributed by atoms with van der Waals surface area (Å²) in [6.07, 6.45) is 3.09. The molecule has 1 aromatic heterocycles. The van der Waals surface area contributed by atoms with Crippen LogP contribution in [0.2, 0.25) is 0 Å². The second kappa shape index (κ2) is 4.80. The van der Waals surface area contributed by atoms with Gasteiger partial charge in [-0.2, -0.15) is 0 Å². The number of urea groups is 1. The molecule has 0 spiro atoms. The minimum Gasteiger partial charge on any atom is -0.480 e. The largest absolute Gasteiger partial charge is 0.480 e. The van der Waals surface area contributed by atoms with Crippen molar-refractivity contribution in [3.8, 4) is 0 Å². The quantitative estimate of drug-likeness (QED) is 0.888. The molecule has 19 heavy (non-hydrogen) atoms. The zero-order valence-corrected chi connectivity index (χ0v) is 12.0. The third kappa shape index (κ3) is 2.56. The predicted octanol–water partition coefficient (Wildman–Crippen LogP) is 1.96. The first-order valence-corrected chi connectivity index (χ1v) is 6.91. The summed E-state index contributed by atoms with van der Waals surface area (Å²) >= 11 is 1.47. The molecule has 0 fully saturated rings. The van der Waals surface area contributed by atoms with Crippen LogP contribution in [-0.4, -0.2) is 39.6 Å². The first-order valence-electron chi connectivity index (χ1n) is 6.09. The minimum atomic E-state index is -1.26. The van der Waals surface area contributed by atoms with Crippen LogP contribution in [0.4, 0.5) is 9.93 Å². The first kappa shape index (κ1) is 13.8. The predicted molar refractivity (Wildman–Crippen MR) is 72.6 cm³/mol. The van der Waals surface area contributed by atoms with Crippen molar-refractivity contribution < 1.29 is 14.7 Å². The highest BCUT2D eigenvalue weighted by Gasteiger charge is 2.35. The summed E-state index contributed by atoms with van der Waals surface area (Å²) in [6.45, 7) is 2.97. The maximum Gasteiger partial charge on any atom is 0.329 e. The van der Waals surface area contributed by atoms with E-state index in [1.54, 1.807) is 0 Å². The number of likely N-dealkylation sites (N-methyl/N-ethyl adjacent to an activating group) is 1. The fourth-order valence-corrected chi connectivity index (χ4v) is 2.86. The van der Waals surface area contributed by atoms with Crippen LogP contribution in [0.1, 0.15) is 30.8 Å². The number of aromatic nitrogens is 1. The number of thiazole rings is 1. The van der Waals surface area contributed by atoms with Gasteiger partial charge in [0.15, 0.2) is 5.13 Å². The van der Waals surface area contributed by atoms with E-state index >= 15 is 0 Å². The molecule has 2 rings (SSSR count).